The van der Waals surface area contributed by atoms with Crippen LogP contribution in [0.25, 0.3) is 0 Å². The quantitative estimate of drug-likeness (QED) is 0.748. The van der Waals surface area contributed by atoms with Crippen LogP contribution in [0.5, 0.6) is 0 Å². The van der Waals surface area contributed by atoms with E-state index in [-0.39, 0.29) is 6.29 Å². The van der Waals surface area contributed by atoms with Gasteiger partial charge in [0.1, 0.15) is 0 Å². The standard InChI is InChI=1S/C11H20O3/c1-8-2-3-9(4-5-12)10(8)11-13-6-7-14-11/h8-12H,2-7H2,1H3/t8-,9+,10+/m1/s1. The molecule has 2 fully saturated rings. The van der Waals surface area contributed by atoms with E-state index in [1.54, 1.807) is 0 Å². The summed E-state index contributed by atoms with van der Waals surface area (Å²) in [6.45, 7) is 4.03. The number of aliphatic hydroxyl groups excluding tert-OH is 1. The second-order valence-corrected chi connectivity index (χ2v) is 4.51. The van der Waals surface area contributed by atoms with E-state index in [0.29, 0.717) is 24.4 Å². The fourth-order valence-electron chi connectivity index (χ4n) is 2.92. The third-order valence-electron chi connectivity index (χ3n) is 3.66. The lowest BCUT2D eigenvalue weighted by Gasteiger charge is -2.26. The molecule has 0 radical (unpaired) electrons. The van der Waals surface area contributed by atoms with Crippen LogP contribution in [0.1, 0.15) is 26.2 Å². The van der Waals surface area contributed by atoms with Crippen LogP contribution in [-0.4, -0.2) is 31.2 Å². The van der Waals surface area contributed by atoms with Gasteiger partial charge in [0, 0.05) is 12.5 Å². The van der Waals surface area contributed by atoms with Crippen LogP contribution in [0.4, 0.5) is 0 Å². The highest BCUT2D eigenvalue weighted by Gasteiger charge is 2.40. The molecule has 82 valence electrons. The maximum absolute atomic E-state index is 8.99. The molecule has 0 bridgehead atoms. The smallest absolute Gasteiger partial charge is 0.161 e. The van der Waals surface area contributed by atoms with Gasteiger partial charge in [0.05, 0.1) is 13.2 Å². The molecule has 3 nitrogen and oxygen atoms in total. The predicted molar refractivity (Wildman–Crippen MR) is 52.8 cm³/mol. The minimum Gasteiger partial charge on any atom is -0.396 e. The summed E-state index contributed by atoms with van der Waals surface area (Å²) in [5.41, 5.74) is 0. The van der Waals surface area contributed by atoms with Crippen molar-refractivity contribution in [3.63, 3.8) is 0 Å². The summed E-state index contributed by atoms with van der Waals surface area (Å²) in [7, 11) is 0. The van der Waals surface area contributed by atoms with Crippen molar-refractivity contribution in [2.24, 2.45) is 17.8 Å². The first-order chi connectivity index (χ1) is 6.83. The number of aliphatic hydroxyl groups is 1. The zero-order valence-corrected chi connectivity index (χ0v) is 8.82. The van der Waals surface area contributed by atoms with E-state index in [2.05, 4.69) is 6.92 Å². The van der Waals surface area contributed by atoms with Crippen LogP contribution in [0, 0.1) is 17.8 Å². The lowest BCUT2D eigenvalue weighted by Crippen LogP contribution is -2.29. The summed E-state index contributed by atoms with van der Waals surface area (Å²) in [6.07, 6.45) is 3.37. The molecule has 0 spiro atoms. The summed E-state index contributed by atoms with van der Waals surface area (Å²) in [5, 5.41) is 8.99. The Morgan fingerprint density at radius 1 is 1.21 bits per heavy atom. The molecule has 14 heavy (non-hydrogen) atoms. The molecular weight excluding hydrogens is 180 g/mol. The first kappa shape index (κ1) is 10.4. The van der Waals surface area contributed by atoms with Crippen molar-refractivity contribution in [1.82, 2.24) is 0 Å². The first-order valence-electron chi connectivity index (χ1n) is 5.67. The minimum absolute atomic E-state index is 0.00375. The van der Waals surface area contributed by atoms with Crippen LogP contribution < -0.4 is 0 Å². The van der Waals surface area contributed by atoms with E-state index in [1.807, 2.05) is 0 Å². The van der Waals surface area contributed by atoms with Gasteiger partial charge in [-0.25, -0.2) is 0 Å². The van der Waals surface area contributed by atoms with Crippen molar-refractivity contribution in [3.05, 3.63) is 0 Å². The predicted octanol–water partition coefficient (Wildman–Crippen LogP) is 1.40. The fraction of sp³-hybridized carbons (Fsp3) is 1.00. The Bertz CT molecular complexity index is 175. The van der Waals surface area contributed by atoms with Gasteiger partial charge in [-0.05, 0) is 31.1 Å². The van der Waals surface area contributed by atoms with Crippen LogP contribution in [0.3, 0.4) is 0 Å². The summed E-state index contributed by atoms with van der Waals surface area (Å²) < 4.78 is 11.2. The van der Waals surface area contributed by atoms with Gasteiger partial charge in [-0.15, -0.1) is 0 Å². The summed E-state index contributed by atoms with van der Waals surface area (Å²) >= 11 is 0. The largest absolute Gasteiger partial charge is 0.396 e. The molecular formula is C11H20O3. The second kappa shape index (κ2) is 4.60. The second-order valence-electron chi connectivity index (χ2n) is 4.51. The van der Waals surface area contributed by atoms with Gasteiger partial charge in [0.25, 0.3) is 0 Å². The lowest BCUT2D eigenvalue weighted by molar-refractivity contribution is -0.105. The van der Waals surface area contributed by atoms with Crippen molar-refractivity contribution in [1.29, 1.82) is 0 Å². The van der Waals surface area contributed by atoms with Crippen molar-refractivity contribution < 1.29 is 14.6 Å². The summed E-state index contributed by atoms with van der Waals surface area (Å²) in [6, 6.07) is 0. The molecule has 0 aromatic carbocycles. The molecule has 2 rings (SSSR count). The average molecular weight is 200 g/mol. The molecule has 1 saturated carbocycles. The molecule has 1 N–H and O–H groups in total. The zero-order valence-electron chi connectivity index (χ0n) is 8.82. The van der Waals surface area contributed by atoms with E-state index in [1.165, 1.54) is 12.8 Å². The topological polar surface area (TPSA) is 38.7 Å². The van der Waals surface area contributed by atoms with Crippen LogP contribution in [0.2, 0.25) is 0 Å². The highest BCUT2D eigenvalue weighted by molar-refractivity contribution is 4.85. The molecule has 0 unspecified atom stereocenters. The molecule has 0 aromatic rings. The van der Waals surface area contributed by atoms with Crippen molar-refractivity contribution in [3.8, 4) is 0 Å². The van der Waals surface area contributed by atoms with Gasteiger partial charge in [-0.3, -0.25) is 0 Å². The van der Waals surface area contributed by atoms with Gasteiger partial charge in [-0.2, -0.15) is 0 Å². The van der Waals surface area contributed by atoms with Gasteiger partial charge < -0.3 is 14.6 Å². The summed E-state index contributed by atoms with van der Waals surface area (Å²) in [5.74, 6) is 1.78. The van der Waals surface area contributed by atoms with Gasteiger partial charge in [-0.1, -0.05) is 6.92 Å². The SMILES string of the molecule is C[C@@H]1CC[C@@H](CCO)[C@H]1C1OCCO1. The van der Waals surface area contributed by atoms with E-state index in [9.17, 15) is 0 Å². The Kier molecular flexibility index (Phi) is 3.42. The average Bonchev–Trinajstić information content (AvgIpc) is 2.76. The Hall–Kier alpha value is -0.120. The number of rotatable bonds is 3. The number of hydrogen-bond acceptors (Lipinski definition) is 3. The third kappa shape index (κ3) is 1.95. The van der Waals surface area contributed by atoms with E-state index < -0.39 is 0 Å². The molecule has 0 aromatic heterocycles. The van der Waals surface area contributed by atoms with Gasteiger partial charge >= 0.3 is 0 Å². The highest BCUT2D eigenvalue weighted by atomic mass is 16.7. The Morgan fingerprint density at radius 2 is 1.93 bits per heavy atom. The fourth-order valence-corrected chi connectivity index (χ4v) is 2.92. The van der Waals surface area contributed by atoms with E-state index >= 15 is 0 Å². The summed E-state index contributed by atoms with van der Waals surface area (Å²) in [4.78, 5) is 0. The van der Waals surface area contributed by atoms with Gasteiger partial charge in [0.15, 0.2) is 6.29 Å². The van der Waals surface area contributed by atoms with E-state index in [0.717, 1.165) is 19.6 Å². The Labute approximate surface area is 85.4 Å². The van der Waals surface area contributed by atoms with E-state index in [4.69, 9.17) is 14.6 Å². The molecule has 1 aliphatic carbocycles. The molecule has 0 amide bonds. The Balaban J connectivity index is 1.97. The molecule has 3 atom stereocenters. The monoisotopic (exact) mass is 200 g/mol. The highest BCUT2D eigenvalue weighted by Crippen LogP contribution is 2.42. The van der Waals surface area contributed by atoms with Crippen LogP contribution in [0.15, 0.2) is 0 Å². The van der Waals surface area contributed by atoms with Crippen molar-refractivity contribution >= 4 is 0 Å². The number of hydrogen-bond donors (Lipinski definition) is 1. The van der Waals surface area contributed by atoms with Crippen LogP contribution in [-0.2, 0) is 9.47 Å². The molecule has 1 saturated heterocycles. The van der Waals surface area contributed by atoms with Crippen molar-refractivity contribution in [2.45, 2.75) is 32.5 Å². The Morgan fingerprint density at radius 3 is 2.57 bits per heavy atom. The zero-order chi connectivity index (χ0) is 9.97. The van der Waals surface area contributed by atoms with Crippen LogP contribution >= 0.6 is 0 Å². The van der Waals surface area contributed by atoms with Gasteiger partial charge in [0.2, 0.25) is 0 Å². The maximum Gasteiger partial charge on any atom is 0.161 e. The molecule has 1 heterocycles. The first-order valence-corrected chi connectivity index (χ1v) is 5.67. The molecule has 2 aliphatic rings. The lowest BCUT2D eigenvalue weighted by atomic mass is 9.88. The number of ether oxygens (including phenoxy) is 2. The maximum atomic E-state index is 8.99. The molecule has 3 heteroatoms. The minimum atomic E-state index is 0.00375. The normalized spacial score (nSPS) is 39.4. The third-order valence-corrected chi connectivity index (χ3v) is 3.66. The van der Waals surface area contributed by atoms with Crippen molar-refractivity contribution in [2.75, 3.05) is 19.8 Å². The molecule has 1 aliphatic heterocycles.